The number of hydrogen-bond donors (Lipinski definition) is 4. The second kappa shape index (κ2) is 13.4. The SMILES string of the molecule is CCc1oc(CC[C@@H](CO)NC(=O)NCCn2cc(C3(O)CCCCC3)nn2)c(C(=O)OC)c1C(=O)OC. The topological polar surface area (TPSA) is 178 Å². The number of methoxy groups -OCH3 is 2. The second-order valence-corrected chi connectivity index (χ2v) is 9.31. The quantitative estimate of drug-likeness (QED) is 0.291. The molecular formula is C25H37N5O8. The van der Waals surface area contributed by atoms with Crippen molar-refractivity contribution in [2.24, 2.45) is 0 Å². The molecule has 2 amide bonds. The highest BCUT2D eigenvalue weighted by Crippen LogP contribution is 2.35. The van der Waals surface area contributed by atoms with Gasteiger partial charge in [0.15, 0.2) is 0 Å². The van der Waals surface area contributed by atoms with Gasteiger partial charge in [0, 0.05) is 19.4 Å². The first-order valence-electron chi connectivity index (χ1n) is 12.9. The molecule has 1 aliphatic rings. The van der Waals surface area contributed by atoms with Crippen LogP contribution in [0.4, 0.5) is 4.79 Å². The number of furan rings is 1. The Labute approximate surface area is 220 Å². The number of amides is 2. The largest absolute Gasteiger partial charge is 0.465 e. The van der Waals surface area contributed by atoms with E-state index in [0.29, 0.717) is 37.3 Å². The number of aryl methyl sites for hydroxylation is 2. The first-order chi connectivity index (χ1) is 18.3. The number of esters is 2. The molecule has 4 N–H and O–H groups in total. The van der Waals surface area contributed by atoms with E-state index in [1.165, 1.54) is 14.2 Å². The first kappa shape index (κ1) is 29.1. The fourth-order valence-corrected chi connectivity index (χ4v) is 4.64. The van der Waals surface area contributed by atoms with E-state index in [4.69, 9.17) is 13.9 Å². The summed E-state index contributed by atoms with van der Waals surface area (Å²) < 4.78 is 17.0. The van der Waals surface area contributed by atoms with Crippen LogP contribution < -0.4 is 10.6 Å². The average molecular weight is 536 g/mol. The molecule has 0 aromatic carbocycles. The lowest BCUT2D eigenvalue weighted by Crippen LogP contribution is -2.44. The zero-order valence-electron chi connectivity index (χ0n) is 22.1. The number of hydrogen-bond acceptors (Lipinski definition) is 10. The smallest absolute Gasteiger partial charge is 0.342 e. The Hall–Kier alpha value is -3.45. The molecule has 3 rings (SSSR count). The summed E-state index contributed by atoms with van der Waals surface area (Å²) in [4.78, 5) is 37.1. The van der Waals surface area contributed by atoms with Crippen LogP contribution in [0.3, 0.4) is 0 Å². The van der Waals surface area contributed by atoms with Crippen molar-refractivity contribution < 1.29 is 38.5 Å². The summed E-state index contributed by atoms with van der Waals surface area (Å²) in [7, 11) is 2.41. The summed E-state index contributed by atoms with van der Waals surface area (Å²) in [6.45, 7) is 2.02. The van der Waals surface area contributed by atoms with Gasteiger partial charge in [-0.05, 0) is 19.3 Å². The van der Waals surface area contributed by atoms with Gasteiger partial charge in [0.25, 0.3) is 0 Å². The second-order valence-electron chi connectivity index (χ2n) is 9.31. The third kappa shape index (κ3) is 6.90. The van der Waals surface area contributed by atoms with Crippen LogP contribution in [0.5, 0.6) is 0 Å². The molecule has 1 aliphatic carbocycles. The van der Waals surface area contributed by atoms with Crippen LogP contribution in [0.15, 0.2) is 10.6 Å². The van der Waals surface area contributed by atoms with Crippen LogP contribution in [0.25, 0.3) is 0 Å². The molecule has 13 heteroatoms. The number of aliphatic hydroxyl groups excluding tert-OH is 1. The molecule has 1 fully saturated rings. The molecule has 13 nitrogen and oxygen atoms in total. The molecule has 0 aliphatic heterocycles. The van der Waals surface area contributed by atoms with Crippen LogP contribution in [-0.4, -0.2) is 76.6 Å². The van der Waals surface area contributed by atoms with E-state index in [1.54, 1.807) is 17.8 Å². The Morgan fingerprint density at radius 2 is 1.79 bits per heavy atom. The minimum absolute atomic E-state index is 0.0116. The molecule has 1 saturated carbocycles. The predicted octanol–water partition coefficient (Wildman–Crippen LogP) is 1.45. The van der Waals surface area contributed by atoms with Crippen molar-refractivity contribution in [3.05, 3.63) is 34.5 Å². The maximum absolute atomic E-state index is 12.4. The van der Waals surface area contributed by atoms with E-state index in [2.05, 4.69) is 20.9 Å². The van der Waals surface area contributed by atoms with Crippen molar-refractivity contribution in [2.75, 3.05) is 27.4 Å². The third-order valence-corrected chi connectivity index (χ3v) is 6.75. The summed E-state index contributed by atoms with van der Waals surface area (Å²) >= 11 is 0. The number of ether oxygens (including phenoxy) is 2. The number of urea groups is 1. The van der Waals surface area contributed by atoms with Crippen LogP contribution in [-0.2, 0) is 34.5 Å². The van der Waals surface area contributed by atoms with Gasteiger partial charge in [-0.2, -0.15) is 0 Å². The van der Waals surface area contributed by atoms with Gasteiger partial charge in [0.1, 0.15) is 33.9 Å². The standard InChI is InChI=1S/C25H37N5O8/c1-4-17-20(22(32)36-2)21(23(33)37-3)18(38-17)9-8-16(15-31)27-24(34)26-12-13-30-14-19(28-29-30)25(35)10-6-5-7-11-25/h14,16,31,35H,4-13,15H2,1-3H3,(H2,26,27,34)/t16-/m0/s1. The summed E-state index contributed by atoms with van der Waals surface area (Å²) in [5.74, 6) is -0.926. The maximum Gasteiger partial charge on any atom is 0.342 e. The van der Waals surface area contributed by atoms with Gasteiger partial charge in [-0.15, -0.1) is 5.10 Å². The van der Waals surface area contributed by atoms with Crippen LogP contribution in [0.2, 0.25) is 0 Å². The highest BCUT2D eigenvalue weighted by atomic mass is 16.5. The molecular weight excluding hydrogens is 498 g/mol. The first-order valence-corrected chi connectivity index (χ1v) is 12.9. The third-order valence-electron chi connectivity index (χ3n) is 6.75. The number of rotatable bonds is 12. The number of aromatic nitrogens is 3. The summed E-state index contributed by atoms with van der Waals surface area (Å²) in [6.07, 6.45) is 6.78. The summed E-state index contributed by atoms with van der Waals surface area (Å²) in [6, 6.07) is -1.14. The van der Waals surface area contributed by atoms with Crippen molar-refractivity contribution in [1.82, 2.24) is 25.6 Å². The Kier molecular flexibility index (Phi) is 10.2. The van der Waals surface area contributed by atoms with Gasteiger partial charge in [0.05, 0.1) is 39.6 Å². The van der Waals surface area contributed by atoms with Gasteiger partial charge >= 0.3 is 18.0 Å². The Morgan fingerprint density at radius 1 is 1.13 bits per heavy atom. The number of carbonyl (C=O) groups is 3. The highest BCUT2D eigenvalue weighted by Gasteiger charge is 2.34. The molecule has 38 heavy (non-hydrogen) atoms. The zero-order chi connectivity index (χ0) is 27.7. The predicted molar refractivity (Wildman–Crippen MR) is 133 cm³/mol. The van der Waals surface area contributed by atoms with Gasteiger partial charge in [-0.1, -0.05) is 31.4 Å². The van der Waals surface area contributed by atoms with Crippen molar-refractivity contribution in [1.29, 1.82) is 0 Å². The lowest BCUT2D eigenvalue weighted by atomic mass is 9.83. The van der Waals surface area contributed by atoms with Gasteiger partial charge in [0.2, 0.25) is 0 Å². The normalized spacial score (nSPS) is 15.5. The fourth-order valence-electron chi connectivity index (χ4n) is 4.64. The van der Waals surface area contributed by atoms with E-state index in [0.717, 1.165) is 19.3 Å². The monoisotopic (exact) mass is 535 g/mol. The Balaban J connectivity index is 1.53. The lowest BCUT2D eigenvalue weighted by Gasteiger charge is -2.29. The molecule has 0 radical (unpaired) electrons. The molecule has 2 aromatic heterocycles. The number of nitrogens with zero attached hydrogens (tertiary/aromatic N) is 3. The van der Waals surface area contributed by atoms with Crippen molar-refractivity contribution >= 4 is 18.0 Å². The van der Waals surface area contributed by atoms with Crippen LogP contribution in [0, 0.1) is 0 Å². The van der Waals surface area contributed by atoms with E-state index < -0.39 is 29.6 Å². The average Bonchev–Trinajstić information content (AvgIpc) is 3.56. The lowest BCUT2D eigenvalue weighted by molar-refractivity contribution is -0.00475. The zero-order valence-corrected chi connectivity index (χ0v) is 22.1. The van der Waals surface area contributed by atoms with Gasteiger partial charge < -0.3 is 34.7 Å². The Bertz CT molecular complexity index is 1110. The molecule has 2 heterocycles. The van der Waals surface area contributed by atoms with Crippen molar-refractivity contribution in [2.45, 2.75) is 76.5 Å². The van der Waals surface area contributed by atoms with E-state index >= 15 is 0 Å². The van der Waals surface area contributed by atoms with Gasteiger partial charge in [-0.25, -0.2) is 14.4 Å². The number of nitrogens with one attached hydrogen (secondary N) is 2. The van der Waals surface area contributed by atoms with E-state index in [-0.39, 0.29) is 42.9 Å². The van der Waals surface area contributed by atoms with E-state index in [9.17, 15) is 24.6 Å². The molecule has 0 spiro atoms. The summed E-state index contributed by atoms with van der Waals surface area (Å²) in [5, 5.41) is 34.1. The molecule has 0 unspecified atom stereocenters. The number of aliphatic hydroxyl groups is 2. The minimum Gasteiger partial charge on any atom is -0.465 e. The molecule has 2 aromatic rings. The van der Waals surface area contributed by atoms with Crippen LogP contribution >= 0.6 is 0 Å². The van der Waals surface area contributed by atoms with Gasteiger partial charge in [-0.3, -0.25) is 4.68 Å². The van der Waals surface area contributed by atoms with Crippen LogP contribution in [0.1, 0.15) is 83.4 Å². The summed E-state index contributed by atoms with van der Waals surface area (Å²) in [5.41, 5.74) is -0.377. The maximum atomic E-state index is 12.4. The van der Waals surface area contributed by atoms with E-state index in [1.807, 2.05) is 0 Å². The highest BCUT2D eigenvalue weighted by molar-refractivity contribution is 6.04. The molecule has 1 atom stereocenters. The van der Waals surface area contributed by atoms with Crippen molar-refractivity contribution in [3.63, 3.8) is 0 Å². The fraction of sp³-hybridized carbons (Fsp3) is 0.640. The Morgan fingerprint density at radius 3 is 2.39 bits per heavy atom. The minimum atomic E-state index is -0.938. The number of carbonyl (C=O) groups excluding carboxylic acids is 3. The molecule has 0 bridgehead atoms. The molecule has 0 saturated heterocycles. The molecule has 210 valence electrons. The van der Waals surface area contributed by atoms with Crippen molar-refractivity contribution in [3.8, 4) is 0 Å².